The van der Waals surface area contributed by atoms with E-state index in [0.717, 1.165) is 12.3 Å². The molecule has 0 spiro atoms. The lowest BCUT2D eigenvalue weighted by Gasteiger charge is -2.43. The first-order valence-corrected chi connectivity index (χ1v) is 7.57. The maximum atomic E-state index is 12.5. The Hall–Kier alpha value is -0.670. The number of alkyl halides is 3. The molecule has 2 saturated carbocycles. The highest BCUT2D eigenvalue weighted by Crippen LogP contribution is 2.55. The Kier molecular flexibility index (Phi) is 4.14. The molecule has 20 heavy (non-hydrogen) atoms. The van der Waals surface area contributed by atoms with Crippen molar-refractivity contribution >= 4 is 0 Å². The summed E-state index contributed by atoms with van der Waals surface area (Å²) in [6.45, 7) is 7.51. The van der Waals surface area contributed by atoms with Gasteiger partial charge in [-0.25, -0.2) is 0 Å². The minimum absolute atomic E-state index is 0.0172. The Morgan fingerprint density at radius 1 is 1.20 bits per heavy atom. The third-order valence-electron chi connectivity index (χ3n) is 5.37. The number of fused-ring (bicyclic) bond motifs is 2. The summed E-state index contributed by atoms with van der Waals surface area (Å²) < 4.78 is 43.2. The van der Waals surface area contributed by atoms with E-state index in [2.05, 4.69) is 0 Å². The maximum Gasteiger partial charge on any atom is 0.412 e. The van der Waals surface area contributed by atoms with Crippen molar-refractivity contribution in [1.82, 2.24) is 0 Å². The number of hydrogen-bond donors (Lipinski definition) is 0. The van der Waals surface area contributed by atoms with Crippen LogP contribution in [0.5, 0.6) is 0 Å². The van der Waals surface area contributed by atoms with Gasteiger partial charge >= 0.3 is 6.18 Å². The number of hydrogen-bond acceptors (Lipinski definition) is 1. The molecule has 0 aliphatic heterocycles. The molecule has 0 N–H and O–H groups in total. The molecule has 0 aromatic heterocycles. The molecule has 4 heteroatoms. The van der Waals surface area contributed by atoms with E-state index in [4.69, 9.17) is 4.74 Å². The van der Waals surface area contributed by atoms with Gasteiger partial charge < -0.3 is 4.74 Å². The van der Waals surface area contributed by atoms with Crippen molar-refractivity contribution in [2.45, 2.75) is 65.2 Å². The summed E-state index contributed by atoms with van der Waals surface area (Å²) in [6.07, 6.45) is 0.810. The van der Waals surface area contributed by atoms with Gasteiger partial charge in [-0.2, -0.15) is 13.2 Å². The molecule has 4 atom stereocenters. The summed E-state index contributed by atoms with van der Waals surface area (Å²) in [7, 11) is 0. The largest absolute Gasteiger partial charge is 0.492 e. The zero-order valence-electron chi connectivity index (χ0n) is 12.8. The van der Waals surface area contributed by atoms with Crippen LogP contribution in [0.25, 0.3) is 0 Å². The second-order valence-corrected chi connectivity index (χ2v) is 7.02. The summed E-state index contributed by atoms with van der Waals surface area (Å²) in [5.74, 6) is 1.96. The standard InChI is InChI=1S/C16H25F3O/c1-10(2)15(4,20-11(3)9-16(17,18)19)14-8-12-5-6-13(14)7-12/h9-10,12-14H,5-8H2,1-4H3. The lowest BCUT2D eigenvalue weighted by molar-refractivity contribution is -0.103. The lowest BCUT2D eigenvalue weighted by atomic mass is 9.71. The van der Waals surface area contributed by atoms with E-state index < -0.39 is 11.8 Å². The van der Waals surface area contributed by atoms with Gasteiger partial charge in [-0.05, 0) is 50.9 Å². The van der Waals surface area contributed by atoms with E-state index in [1.165, 1.54) is 26.2 Å². The first kappa shape index (κ1) is 15.7. The Morgan fingerprint density at radius 3 is 2.25 bits per heavy atom. The van der Waals surface area contributed by atoms with Crippen molar-refractivity contribution < 1.29 is 17.9 Å². The minimum Gasteiger partial charge on any atom is -0.492 e. The summed E-state index contributed by atoms with van der Waals surface area (Å²) in [5.41, 5.74) is -0.494. The van der Waals surface area contributed by atoms with Crippen LogP contribution >= 0.6 is 0 Å². The Balaban J connectivity index is 2.16. The first-order chi connectivity index (χ1) is 9.12. The van der Waals surface area contributed by atoms with Gasteiger partial charge in [0.25, 0.3) is 0 Å². The van der Waals surface area contributed by atoms with Crippen LogP contribution < -0.4 is 0 Å². The van der Waals surface area contributed by atoms with Crippen LogP contribution in [0.1, 0.15) is 53.4 Å². The molecule has 0 saturated heterocycles. The first-order valence-electron chi connectivity index (χ1n) is 7.57. The third-order valence-corrected chi connectivity index (χ3v) is 5.37. The molecule has 0 radical (unpaired) electrons. The number of rotatable bonds is 4. The van der Waals surface area contributed by atoms with Crippen molar-refractivity contribution in [1.29, 1.82) is 0 Å². The molecule has 2 aliphatic carbocycles. The van der Waals surface area contributed by atoms with Crippen molar-refractivity contribution in [3.63, 3.8) is 0 Å². The molecule has 2 bridgehead atoms. The lowest BCUT2D eigenvalue weighted by Crippen LogP contribution is -2.45. The van der Waals surface area contributed by atoms with Gasteiger partial charge in [-0.3, -0.25) is 0 Å². The van der Waals surface area contributed by atoms with Crippen molar-refractivity contribution in [2.24, 2.45) is 23.7 Å². The molecule has 0 aromatic rings. The average molecular weight is 290 g/mol. The van der Waals surface area contributed by atoms with Crippen LogP contribution in [0, 0.1) is 23.7 Å². The van der Waals surface area contributed by atoms with Crippen molar-refractivity contribution in [3.8, 4) is 0 Å². The molecule has 2 fully saturated rings. The zero-order chi connectivity index (χ0) is 15.1. The molecule has 2 rings (SSSR count). The molecule has 4 unspecified atom stereocenters. The van der Waals surface area contributed by atoms with E-state index in [1.54, 1.807) is 0 Å². The average Bonchev–Trinajstić information content (AvgIpc) is 2.87. The predicted molar refractivity (Wildman–Crippen MR) is 73.1 cm³/mol. The fourth-order valence-corrected chi connectivity index (χ4v) is 4.18. The summed E-state index contributed by atoms with van der Waals surface area (Å²) in [4.78, 5) is 0. The summed E-state index contributed by atoms with van der Waals surface area (Å²) in [5, 5.41) is 0. The summed E-state index contributed by atoms with van der Waals surface area (Å²) in [6, 6.07) is 0. The van der Waals surface area contributed by atoms with Crippen LogP contribution in [0.4, 0.5) is 13.2 Å². The topological polar surface area (TPSA) is 9.23 Å². The third kappa shape index (κ3) is 3.15. The molecule has 0 aromatic carbocycles. The quantitative estimate of drug-likeness (QED) is 0.637. The highest BCUT2D eigenvalue weighted by molar-refractivity contribution is 5.04. The molecule has 0 heterocycles. The molecule has 2 aliphatic rings. The highest BCUT2D eigenvalue weighted by Gasteiger charge is 2.51. The molecule has 116 valence electrons. The van der Waals surface area contributed by atoms with Gasteiger partial charge in [-0.1, -0.05) is 20.3 Å². The van der Waals surface area contributed by atoms with Crippen molar-refractivity contribution in [2.75, 3.05) is 0 Å². The fourth-order valence-electron chi connectivity index (χ4n) is 4.18. The van der Waals surface area contributed by atoms with Gasteiger partial charge in [-0.15, -0.1) is 0 Å². The van der Waals surface area contributed by atoms with Gasteiger partial charge in [0.1, 0.15) is 5.60 Å². The van der Waals surface area contributed by atoms with Crippen LogP contribution in [0.15, 0.2) is 11.8 Å². The molecule has 1 nitrogen and oxygen atoms in total. The van der Waals surface area contributed by atoms with E-state index in [0.29, 0.717) is 11.8 Å². The van der Waals surface area contributed by atoms with Crippen LogP contribution in [0.2, 0.25) is 0 Å². The normalized spacial score (nSPS) is 33.6. The van der Waals surface area contributed by atoms with E-state index in [1.807, 2.05) is 20.8 Å². The van der Waals surface area contributed by atoms with Crippen LogP contribution in [-0.4, -0.2) is 11.8 Å². The van der Waals surface area contributed by atoms with Gasteiger partial charge in [0.05, 0.1) is 11.8 Å². The second-order valence-electron chi connectivity index (χ2n) is 7.02. The number of ether oxygens (including phenoxy) is 1. The van der Waals surface area contributed by atoms with E-state index in [-0.39, 0.29) is 17.8 Å². The number of allylic oxidation sites excluding steroid dienone is 2. The van der Waals surface area contributed by atoms with Crippen LogP contribution in [-0.2, 0) is 4.74 Å². The second kappa shape index (κ2) is 5.27. The minimum atomic E-state index is -4.31. The predicted octanol–water partition coefficient (Wildman–Crippen LogP) is 5.32. The monoisotopic (exact) mass is 290 g/mol. The van der Waals surface area contributed by atoms with E-state index in [9.17, 15) is 13.2 Å². The molecular weight excluding hydrogens is 265 g/mol. The molecule has 0 amide bonds. The SMILES string of the molecule is CC(=CC(F)(F)F)OC(C)(C(C)C)C1CC2CCC1C2. The van der Waals surface area contributed by atoms with Crippen LogP contribution in [0.3, 0.4) is 0 Å². The zero-order valence-corrected chi connectivity index (χ0v) is 12.8. The van der Waals surface area contributed by atoms with Gasteiger partial charge in [0, 0.05) is 5.92 Å². The number of halogens is 3. The maximum absolute atomic E-state index is 12.5. The van der Waals surface area contributed by atoms with Crippen molar-refractivity contribution in [3.05, 3.63) is 11.8 Å². The molecular formula is C16H25F3O. The summed E-state index contributed by atoms with van der Waals surface area (Å²) >= 11 is 0. The Labute approximate surface area is 119 Å². The smallest absolute Gasteiger partial charge is 0.412 e. The van der Waals surface area contributed by atoms with Gasteiger partial charge in [0.15, 0.2) is 0 Å². The fraction of sp³-hybridized carbons (Fsp3) is 0.875. The van der Waals surface area contributed by atoms with Gasteiger partial charge in [0.2, 0.25) is 0 Å². The van der Waals surface area contributed by atoms with E-state index >= 15 is 0 Å². The Bertz CT molecular complexity index is 386. The Morgan fingerprint density at radius 2 is 1.85 bits per heavy atom. The highest BCUT2D eigenvalue weighted by atomic mass is 19.4.